The molecule has 6 aromatic rings. The molecule has 0 spiro atoms. The minimum Gasteiger partial charge on any atom is -0.399 e. The molecule has 0 fully saturated rings. The van der Waals surface area contributed by atoms with Gasteiger partial charge in [-0.3, -0.25) is 0 Å². The fraction of sp³-hybridized carbons (Fsp3) is 0. The van der Waals surface area contributed by atoms with Crippen molar-refractivity contribution in [3.8, 4) is 11.4 Å². The van der Waals surface area contributed by atoms with E-state index in [-0.39, 0.29) is 0 Å². The van der Waals surface area contributed by atoms with Gasteiger partial charge in [-0.1, -0.05) is 29.7 Å². The van der Waals surface area contributed by atoms with Crippen LogP contribution in [0.1, 0.15) is 0 Å². The molecular weight excluding hydrogens is 357 g/mol. The molecule has 0 aliphatic rings. The minimum atomic E-state index is 0.725. The van der Waals surface area contributed by atoms with Crippen LogP contribution in [0.5, 0.6) is 0 Å². The summed E-state index contributed by atoms with van der Waals surface area (Å²) >= 11 is 0. The van der Waals surface area contributed by atoms with Crippen LogP contribution in [0.15, 0.2) is 60.8 Å². The molecule has 0 saturated heterocycles. The van der Waals surface area contributed by atoms with Crippen LogP contribution >= 0.6 is 0 Å². The highest BCUT2D eigenvalue weighted by Crippen LogP contribution is 2.37. The Labute approximate surface area is 167 Å². The van der Waals surface area contributed by atoms with Crippen molar-refractivity contribution in [2.24, 2.45) is 0 Å². The first kappa shape index (κ1) is 16.1. The van der Waals surface area contributed by atoms with E-state index in [0.717, 1.165) is 66.2 Å². The molecule has 2 aromatic heterocycles. The van der Waals surface area contributed by atoms with Crippen molar-refractivity contribution in [2.75, 3.05) is 11.5 Å². The molecule has 6 heteroatoms. The fourth-order valence-electron chi connectivity index (χ4n) is 4.31. The summed E-state index contributed by atoms with van der Waals surface area (Å²) < 4.78 is 0. The van der Waals surface area contributed by atoms with Crippen molar-refractivity contribution >= 4 is 68.2 Å². The number of hydrogen-bond acceptors (Lipinski definition) is 3. The van der Waals surface area contributed by atoms with Crippen LogP contribution in [0.3, 0.4) is 0 Å². The molecule has 6 rings (SSSR count). The number of aromatic nitrogens is 3. The molecular formula is C23H18BN5. The van der Waals surface area contributed by atoms with Gasteiger partial charge in [0.2, 0.25) is 0 Å². The number of hydrogen-bond donors (Lipinski definition) is 4. The third-order valence-corrected chi connectivity index (χ3v) is 5.70. The van der Waals surface area contributed by atoms with Gasteiger partial charge < -0.3 is 21.4 Å². The topological polar surface area (TPSA) is 96.5 Å². The first-order valence-corrected chi connectivity index (χ1v) is 9.57. The average molecular weight is 375 g/mol. The van der Waals surface area contributed by atoms with E-state index in [1.54, 1.807) is 0 Å². The van der Waals surface area contributed by atoms with Gasteiger partial charge in [-0.15, -0.1) is 0 Å². The SMILES string of the molecule is Bc1ccc2[nH]cc(-c3nc4c5ccc(N)cc5c5cc(N)ccc5c4[nH]3)c2c1. The van der Waals surface area contributed by atoms with Crippen molar-refractivity contribution < 1.29 is 0 Å². The third kappa shape index (κ3) is 2.26. The normalized spacial score (nSPS) is 11.9. The van der Waals surface area contributed by atoms with Gasteiger partial charge in [0, 0.05) is 44.8 Å². The molecule has 2 heterocycles. The highest BCUT2D eigenvalue weighted by molar-refractivity contribution is 6.33. The van der Waals surface area contributed by atoms with E-state index in [1.807, 2.05) is 36.5 Å². The van der Waals surface area contributed by atoms with Crippen LogP contribution in [0.2, 0.25) is 0 Å². The van der Waals surface area contributed by atoms with E-state index in [0.29, 0.717) is 0 Å². The Kier molecular flexibility index (Phi) is 3.07. The highest BCUT2D eigenvalue weighted by atomic mass is 14.9. The Bertz CT molecular complexity index is 1510. The molecule has 0 bridgehead atoms. The number of aromatic amines is 2. The molecule has 5 nitrogen and oxygen atoms in total. The molecule has 29 heavy (non-hydrogen) atoms. The monoisotopic (exact) mass is 375 g/mol. The van der Waals surface area contributed by atoms with E-state index in [9.17, 15) is 0 Å². The van der Waals surface area contributed by atoms with Gasteiger partial charge >= 0.3 is 0 Å². The maximum atomic E-state index is 6.09. The lowest BCUT2D eigenvalue weighted by molar-refractivity contribution is 1.34. The summed E-state index contributed by atoms with van der Waals surface area (Å²) in [6, 6.07) is 18.3. The lowest BCUT2D eigenvalue weighted by Gasteiger charge is -2.07. The summed E-state index contributed by atoms with van der Waals surface area (Å²) in [5, 5.41) is 5.44. The van der Waals surface area contributed by atoms with Gasteiger partial charge in [0.25, 0.3) is 0 Å². The van der Waals surface area contributed by atoms with Crippen molar-refractivity contribution in [3.63, 3.8) is 0 Å². The predicted molar refractivity (Wildman–Crippen MR) is 125 cm³/mol. The Balaban J connectivity index is 1.76. The molecule has 0 aliphatic carbocycles. The summed E-state index contributed by atoms with van der Waals surface area (Å²) in [5.74, 6) is 0.847. The third-order valence-electron chi connectivity index (χ3n) is 5.70. The van der Waals surface area contributed by atoms with Gasteiger partial charge in [-0.25, -0.2) is 4.98 Å². The fourth-order valence-corrected chi connectivity index (χ4v) is 4.31. The molecule has 0 unspecified atom stereocenters. The standard InChI is InChI=1S/C23H18BN5/c24-11-1-6-20-18(7-11)19(10-27-20)23-28-21-14-4-2-12(25)8-16(14)17-9-13(26)3-5-15(17)22(21)29-23/h1-10,27H,24-26H2,(H,28,29). The van der Waals surface area contributed by atoms with Gasteiger partial charge in [0.05, 0.1) is 11.0 Å². The number of anilines is 2. The van der Waals surface area contributed by atoms with Crippen molar-refractivity contribution in [1.29, 1.82) is 0 Å². The Morgan fingerprint density at radius 3 is 2.28 bits per heavy atom. The predicted octanol–water partition coefficient (Wildman–Crippen LogP) is 3.44. The second-order valence-electron chi connectivity index (χ2n) is 7.67. The van der Waals surface area contributed by atoms with Crippen LogP contribution < -0.4 is 16.9 Å². The number of fused-ring (bicyclic) bond motifs is 7. The van der Waals surface area contributed by atoms with Crippen molar-refractivity contribution in [3.05, 3.63) is 60.8 Å². The van der Waals surface area contributed by atoms with E-state index in [1.165, 1.54) is 5.46 Å². The van der Waals surface area contributed by atoms with Crippen LogP contribution in [0.4, 0.5) is 11.4 Å². The highest BCUT2D eigenvalue weighted by Gasteiger charge is 2.16. The van der Waals surface area contributed by atoms with Crippen molar-refractivity contribution in [1.82, 2.24) is 15.0 Å². The summed E-state index contributed by atoms with van der Waals surface area (Å²) in [6.45, 7) is 0. The van der Waals surface area contributed by atoms with E-state index >= 15 is 0 Å². The molecule has 4 aromatic carbocycles. The van der Waals surface area contributed by atoms with E-state index < -0.39 is 0 Å². The largest absolute Gasteiger partial charge is 0.399 e. The number of imidazole rings is 1. The zero-order valence-electron chi connectivity index (χ0n) is 15.9. The second-order valence-corrected chi connectivity index (χ2v) is 7.67. The molecule has 138 valence electrons. The zero-order valence-corrected chi connectivity index (χ0v) is 15.9. The quantitative estimate of drug-likeness (QED) is 0.201. The summed E-state index contributed by atoms with van der Waals surface area (Å²) in [5.41, 5.74) is 19.0. The van der Waals surface area contributed by atoms with Gasteiger partial charge in [0.15, 0.2) is 0 Å². The van der Waals surface area contributed by atoms with E-state index in [2.05, 4.69) is 42.1 Å². The first-order valence-electron chi connectivity index (χ1n) is 9.57. The number of nitrogens with zero attached hydrogens (tertiary/aromatic N) is 1. The Morgan fingerprint density at radius 2 is 1.48 bits per heavy atom. The minimum absolute atomic E-state index is 0.725. The molecule has 0 amide bonds. The first-order chi connectivity index (χ1) is 14.1. The smallest absolute Gasteiger partial charge is 0.140 e. The number of nitrogen functional groups attached to an aromatic ring is 2. The van der Waals surface area contributed by atoms with Gasteiger partial charge in [0.1, 0.15) is 13.7 Å². The van der Waals surface area contributed by atoms with Gasteiger partial charge in [-0.2, -0.15) is 0 Å². The number of nitrogens with two attached hydrogens (primary N) is 2. The number of H-pyrrole nitrogens is 2. The molecule has 0 aliphatic heterocycles. The lowest BCUT2D eigenvalue weighted by atomic mass is 9.94. The second kappa shape index (κ2) is 5.55. The van der Waals surface area contributed by atoms with Crippen LogP contribution in [0.25, 0.3) is 54.9 Å². The van der Waals surface area contributed by atoms with E-state index in [4.69, 9.17) is 16.5 Å². The van der Waals surface area contributed by atoms with Crippen LogP contribution in [-0.2, 0) is 0 Å². The Morgan fingerprint density at radius 1 is 0.759 bits per heavy atom. The van der Waals surface area contributed by atoms with Crippen molar-refractivity contribution in [2.45, 2.75) is 0 Å². The maximum Gasteiger partial charge on any atom is 0.140 e. The zero-order chi connectivity index (χ0) is 19.7. The molecule has 0 radical (unpaired) electrons. The lowest BCUT2D eigenvalue weighted by Crippen LogP contribution is -1.99. The molecule has 0 atom stereocenters. The number of rotatable bonds is 1. The molecule has 6 N–H and O–H groups in total. The number of nitrogens with one attached hydrogen (secondary N) is 2. The maximum absolute atomic E-state index is 6.09. The molecule has 0 saturated carbocycles. The summed E-state index contributed by atoms with van der Waals surface area (Å²) in [6.07, 6.45) is 2.02. The average Bonchev–Trinajstić information content (AvgIpc) is 3.32. The number of benzene rings is 4. The van der Waals surface area contributed by atoms with Gasteiger partial charge in [-0.05, 0) is 41.1 Å². The Hall–Kier alpha value is -3.93. The van der Waals surface area contributed by atoms with Crippen LogP contribution in [-0.4, -0.2) is 22.8 Å². The van der Waals surface area contributed by atoms with Crippen LogP contribution in [0, 0.1) is 0 Å². The summed E-state index contributed by atoms with van der Waals surface area (Å²) in [4.78, 5) is 11.9. The summed E-state index contributed by atoms with van der Waals surface area (Å²) in [7, 11) is 2.10.